The van der Waals surface area contributed by atoms with Gasteiger partial charge in [0.2, 0.25) is 5.88 Å². The summed E-state index contributed by atoms with van der Waals surface area (Å²) in [4.78, 5) is 18.1. The Morgan fingerprint density at radius 2 is 1.85 bits per heavy atom. The largest absolute Gasteiger partial charge is 0.481 e. The van der Waals surface area contributed by atoms with Crippen molar-refractivity contribution in [2.45, 2.75) is 71.5 Å². The lowest BCUT2D eigenvalue weighted by Gasteiger charge is -2.40. The number of aromatic nitrogens is 2. The molecule has 0 spiro atoms. The number of halogens is 1. The maximum absolute atomic E-state index is 13.3. The summed E-state index contributed by atoms with van der Waals surface area (Å²) in [6, 6.07) is 4.89. The predicted octanol–water partition coefficient (Wildman–Crippen LogP) is 4.58. The summed E-state index contributed by atoms with van der Waals surface area (Å²) in [6.07, 6.45) is 5.43. The highest BCUT2D eigenvalue weighted by Gasteiger charge is 2.28. The van der Waals surface area contributed by atoms with E-state index in [0.717, 1.165) is 48.3 Å². The van der Waals surface area contributed by atoms with E-state index in [1.807, 2.05) is 27.0 Å². The Hall–Kier alpha value is -2.25. The third kappa shape index (κ3) is 5.52. The number of anilines is 1. The number of nitrogens with one attached hydrogen (secondary N) is 1. The molecule has 1 amide bonds. The second-order valence-electron chi connectivity index (χ2n) is 9.40. The zero-order chi connectivity index (χ0) is 25.0. The topological polar surface area (TPSA) is 62.6 Å². The Morgan fingerprint density at radius 3 is 2.41 bits per heavy atom. The van der Waals surface area contributed by atoms with Crippen molar-refractivity contribution in [2.24, 2.45) is 7.05 Å². The minimum absolute atomic E-state index is 0.137. The average molecular weight is 490 g/mol. The molecule has 188 valence electrons. The number of hydrogen-bond donors (Lipinski definition) is 1. The number of nitrogens with zero attached hydrogens (tertiary/aromatic N) is 4. The zero-order valence-corrected chi connectivity index (χ0v) is 22.5. The van der Waals surface area contributed by atoms with Gasteiger partial charge in [-0.15, -0.1) is 0 Å². The molecule has 2 aromatic rings. The molecule has 1 saturated carbocycles. The lowest BCUT2D eigenvalue weighted by Crippen LogP contribution is -2.42. The van der Waals surface area contributed by atoms with Crippen LogP contribution < -0.4 is 15.0 Å². The molecule has 34 heavy (non-hydrogen) atoms. The fraction of sp³-hybridized carbons (Fsp3) is 0.615. The summed E-state index contributed by atoms with van der Waals surface area (Å²) in [5.41, 5.74) is 4.47. The van der Waals surface area contributed by atoms with E-state index in [-0.39, 0.29) is 5.91 Å². The molecule has 0 saturated heterocycles. The lowest BCUT2D eigenvalue weighted by molar-refractivity contribution is 0.0950. The zero-order valence-electron chi connectivity index (χ0n) is 21.7. The number of rotatable bonds is 9. The summed E-state index contributed by atoms with van der Waals surface area (Å²) < 4.78 is 7.23. The Balaban J connectivity index is 1.81. The molecule has 0 atom stereocenters. The van der Waals surface area contributed by atoms with Crippen molar-refractivity contribution >= 4 is 23.2 Å². The van der Waals surface area contributed by atoms with Gasteiger partial charge in [-0.25, -0.2) is 4.68 Å². The predicted molar refractivity (Wildman–Crippen MR) is 139 cm³/mol. The van der Waals surface area contributed by atoms with Crippen molar-refractivity contribution < 1.29 is 9.53 Å². The van der Waals surface area contributed by atoms with E-state index in [0.29, 0.717) is 35.1 Å². The van der Waals surface area contributed by atoms with Gasteiger partial charge in [0.1, 0.15) is 0 Å². The van der Waals surface area contributed by atoms with Crippen LogP contribution >= 0.6 is 11.6 Å². The first kappa shape index (κ1) is 26.4. The number of hydrogen-bond acceptors (Lipinski definition) is 5. The van der Waals surface area contributed by atoms with Crippen molar-refractivity contribution in [3.63, 3.8) is 0 Å². The van der Waals surface area contributed by atoms with Crippen LogP contribution in [0.5, 0.6) is 5.88 Å². The van der Waals surface area contributed by atoms with E-state index in [4.69, 9.17) is 16.3 Å². The van der Waals surface area contributed by atoms with Gasteiger partial charge in [-0.3, -0.25) is 4.79 Å². The average Bonchev–Trinajstić information content (AvgIpc) is 3.14. The first-order valence-corrected chi connectivity index (χ1v) is 12.7. The Labute approximate surface area is 209 Å². The molecule has 1 aliphatic carbocycles. The minimum Gasteiger partial charge on any atom is -0.481 e. The molecule has 1 aromatic carbocycles. The third-order valence-electron chi connectivity index (χ3n) is 7.20. The monoisotopic (exact) mass is 489 g/mol. The summed E-state index contributed by atoms with van der Waals surface area (Å²) in [7, 11) is 7.81. The number of carbonyl (C=O) groups is 1. The summed E-state index contributed by atoms with van der Waals surface area (Å²) in [6.45, 7) is 7.49. The van der Waals surface area contributed by atoms with Gasteiger partial charge in [-0.1, -0.05) is 18.5 Å². The Bertz CT molecular complexity index is 996. The summed E-state index contributed by atoms with van der Waals surface area (Å²) in [5, 5.41) is 8.16. The van der Waals surface area contributed by atoms with E-state index in [1.165, 1.54) is 12.8 Å². The van der Waals surface area contributed by atoms with Crippen LogP contribution in [-0.4, -0.2) is 60.4 Å². The quantitative estimate of drug-likeness (QED) is 0.558. The molecule has 3 rings (SSSR count). The SMILES string of the molecule is CCc1nn(C)c(OC)c1CNC(=O)c1cc(Cl)cc(N(CC)C2CCC(N(C)C)CC2)c1C. The van der Waals surface area contributed by atoms with Crippen LogP contribution in [0.1, 0.15) is 66.7 Å². The molecule has 0 bridgehead atoms. The molecule has 7 nitrogen and oxygen atoms in total. The molecule has 0 unspecified atom stereocenters. The molecule has 0 aliphatic heterocycles. The standard InChI is InChI=1S/C26H40ClN5O2/c1-8-23-22(26(34-7)31(6)29-23)16-28-25(33)21-14-18(27)15-24(17(21)3)32(9-2)20-12-10-19(11-13-20)30(4)5/h14-15,19-20H,8-13,16H2,1-7H3,(H,28,33). The molecule has 0 radical (unpaired) electrons. The fourth-order valence-electron chi connectivity index (χ4n) is 5.30. The van der Waals surface area contributed by atoms with Gasteiger partial charge in [-0.2, -0.15) is 5.10 Å². The van der Waals surface area contributed by atoms with Gasteiger partial charge in [0.05, 0.1) is 24.9 Å². The van der Waals surface area contributed by atoms with Crippen molar-refractivity contribution in [1.82, 2.24) is 20.0 Å². The highest BCUT2D eigenvalue weighted by molar-refractivity contribution is 6.31. The highest BCUT2D eigenvalue weighted by atomic mass is 35.5. The highest BCUT2D eigenvalue weighted by Crippen LogP contribution is 2.34. The maximum Gasteiger partial charge on any atom is 0.251 e. The Morgan fingerprint density at radius 1 is 1.21 bits per heavy atom. The second-order valence-corrected chi connectivity index (χ2v) is 9.84. The molecule has 1 aliphatic rings. The molecular weight excluding hydrogens is 450 g/mol. The number of carbonyl (C=O) groups excluding carboxylic acids is 1. The van der Waals surface area contributed by atoms with Crippen molar-refractivity contribution in [2.75, 3.05) is 32.6 Å². The minimum atomic E-state index is -0.137. The van der Waals surface area contributed by atoms with Gasteiger partial charge in [0, 0.05) is 41.9 Å². The molecule has 1 aromatic heterocycles. The molecule has 1 fully saturated rings. The smallest absolute Gasteiger partial charge is 0.251 e. The van der Waals surface area contributed by atoms with Gasteiger partial charge >= 0.3 is 0 Å². The van der Waals surface area contributed by atoms with Gasteiger partial charge < -0.3 is 19.9 Å². The van der Waals surface area contributed by atoms with Gasteiger partial charge in [0.15, 0.2) is 0 Å². The van der Waals surface area contributed by atoms with E-state index >= 15 is 0 Å². The van der Waals surface area contributed by atoms with Crippen LogP contribution in [0.4, 0.5) is 5.69 Å². The third-order valence-corrected chi connectivity index (χ3v) is 7.42. The fourth-order valence-corrected chi connectivity index (χ4v) is 5.51. The maximum atomic E-state index is 13.3. The van der Waals surface area contributed by atoms with Crippen molar-refractivity contribution in [3.05, 3.63) is 39.5 Å². The van der Waals surface area contributed by atoms with E-state index < -0.39 is 0 Å². The number of aryl methyl sites for hydroxylation is 2. The van der Waals surface area contributed by atoms with Crippen LogP contribution in [-0.2, 0) is 20.0 Å². The van der Waals surface area contributed by atoms with Crippen LogP contribution in [0.25, 0.3) is 0 Å². The second kappa shape index (κ2) is 11.5. The number of benzene rings is 1. The summed E-state index contributed by atoms with van der Waals surface area (Å²) in [5.74, 6) is 0.535. The molecule has 8 heteroatoms. The molecular formula is C26H40ClN5O2. The van der Waals surface area contributed by atoms with Crippen molar-refractivity contribution in [3.8, 4) is 5.88 Å². The van der Waals surface area contributed by atoms with E-state index in [9.17, 15) is 4.79 Å². The van der Waals surface area contributed by atoms with Crippen LogP contribution in [0.3, 0.4) is 0 Å². The van der Waals surface area contributed by atoms with Gasteiger partial charge in [0.25, 0.3) is 5.91 Å². The molecule has 1 heterocycles. The Kier molecular flexibility index (Phi) is 8.88. The first-order chi connectivity index (χ1) is 16.2. The van der Waals surface area contributed by atoms with E-state index in [2.05, 4.69) is 41.2 Å². The van der Waals surface area contributed by atoms with E-state index in [1.54, 1.807) is 17.9 Å². The van der Waals surface area contributed by atoms with Crippen molar-refractivity contribution in [1.29, 1.82) is 0 Å². The number of amides is 1. The molecule has 1 N–H and O–H groups in total. The van der Waals surface area contributed by atoms with Crippen LogP contribution in [0.2, 0.25) is 5.02 Å². The number of ether oxygens (including phenoxy) is 1. The van der Waals surface area contributed by atoms with Crippen LogP contribution in [0, 0.1) is 6.92 Å². The normalized spacial score (nSPS) is 18.3. The van der Waals surface area contributed by atoms with Gasteiger partial charge in [-0.05, 0) is 77.7 Å². The lowest BCUT2D eigenvalue weighted by atomic mass is 9.89. The first-order valence-electron chi connectivity index (χ1n) is 12.3. The van der Waals surface area contributed by atoms with Crippen LogP contribution in [0.15, 0.2) is 12.1 Å². The number of methoxy groups -OCH3 is 1. The summed E-state index contributed by atoms with van der Waals surface area (Å²) >= 11 is 6.54.